The molecule has 38 heavy (non-hydrogen) atoms. The molecule has 2 aromatic heterocycles. The summed E-state index contributed by atoms with van der Waals surface area (Å²) in [5.41, 5.74) is 1.23. The van der Waals surface area contributed by atoms with Crippen LogP contribution >= 0.6 is 0 Å². The first-order chi connectivity index (χ1) is 18.1. The number of piperidine rings is 1. The molecular formula is C26H33F3N6O3. The zero-order chi connectivity index (χ0) is 27.4. The SMILES string of the molecule is CNC[C@@H](O)COc1ccc(C(F)(F)F)c(-c2nc(NC3CCNCC3)c(C)c(-c3c(C)noc3C)n2)c1. The molecule has 0 bridgehead atoms. The highest BCUT2D eigenvalue weighted by molar-refractivity contribution is 5.75. The Morgan fingerprint density at radius 3 is 2.55 bits per heavy atom. The lowest BCUT2D eigenvalue weighted by molar-refractivity contribution is -0.137. The molecule has 0 amide bonds. The van der Waals surface area contributed by atoms with E-state index >= 15 is 0 Å². The van der Waals surface area contributed by atoms with Crippen molar-refractivity contribution in [3.05, 3.63) is 40.8 Å². The van der Waals surface area contributed by atoms with Gasteiger partial charge >= 0.3 is 6.18 Å². The van der Waals surface area contributed by atoms with E-state index in [4.69, 9.17) is 9.26 Å². The Morgan fingerprint density at radius 2 is 1.92 bits per heavy atom. The molecule has 1 fully saturated rings. The number of rotatable bonds is 9. The number of nitrogens with one attached hydrogen (secondary N) is 3. The van der Waals surface area contributed by atoms with Crippen LogP contribution in [-0.2, 0) is 6.18 Å². The number of anilines is 1. The van der Waals surface area contributed by atoms with Crippen molar-refractivity contribution in [2.24, 2.45) is 0 Å². The number of benzene rings is 1. The normalized spacial score (nSPS) is 15.5. The Morgan fingerprint density at radius 1 is 1.18 bits per heavy atom. The minimum absolute atomic E-state index is 0.0900. The van der Waals surface area contributed by atoms with Crippen LogP contribution < -0.4 is 20.7 Å². The van der Waals surface area contributed by atoms with Crippen LogP contribution in [0.5, 0.6) is 5.75 Å². The third-order valence-electron chi connectivity index (χ3n) is 6.52. The number of alkyl halides is 3. The van der Waals surface area contributed by atoms with Crippen LogP contribution in [0.15, 0.2) is 22.7 Å². The van der Waals surface area contributed by atoms with E-state index in [1.807, 2.05) is 6.92 Å². The van der Waals surface area contributed by atoms with E-state index in [0.29, 0.717) is 34.1 Å². The number of aryl methyl sites for hydroxylation is 2. The van der Waals surface area contributed by atoms with Gasteiger partial charge < -0.3 is 30.3 Å². The first-order valence-corrected chi connectivity index (χ1v) is 12.5. The molecule has 3 heterocycles. The average molecular weight is 535 g/mol. The van der Waals surface area contributed by atoms with Crippen LogP contribution in [0, 0.1) is 20.8 Å². The molecule has 12 heteroatoms. The van der Waals surface area contributed by atoms with Gasteiger partial charge in [0.2, 0.25) is 0 Å². The summed E-state index contributed by atoms with van der Waals surface area (Å²) in [6.45, 7) is 7.20. The van der Waals surface area contributed by atoms with Gasteiger partial charge in [0, 0.05) is 23.7 Å². The minimum atomic E-state index is -4.65. The molecular weight excluding hydrogens is 501 g/mol. The predicted octanol–water partition coefficient (Wildman–Crippen LogP) is 3.87. The topological polar surface area (TPSA) is 117 Å². The number of hydrogen-bond donors (Lipinski definition) is 4. The van der Waals surface area contributed by atoms with E-state index in [1.54, 1.807) is 20.9 Å². The summed E-state index contributed by atoms with van der Waals surface area (Å²) in [6.07, 6.45) is -3.77. The molecule has 0 aliphatic carbocycles. The fourth-order valence-corrected chi connectivity index (χ4v) is 4.53. The second-order valence-corrected chi connectivity index (χ2v) is 9.46. The molecule has 4 rings (SSSR count). The molecule has 0 radical (unpaired) electrons. The predicted molar refractivity (Wildman–Crippen MR) is 137 cm³/mol. The Labute approximate surface area is 219 Å². The van der Waals surface area contributed by atoms with E-state index < -0.39 is 17.8 Å². The second kappa shape index (κ2) is 11.7. The summed E-state index contributed by atoms with van der Waals surface area (Å²) < 4.78 is 53.4. The quantitative estimate of drug-likeness (QED) is 0.325. The first kappa shape index (κ1) is 27.8. The Kier molecular flexibility index (Phi) is 8.54. The fourth-order valence-electron chi connectivity index (χ4n) is 4.53. The molecule has 0 spiro atoms. The number of nitrogens with zero attached hydrogens (tertiary/aromatic N) is 3. The number of ether oxygens (including phenoxy) is 1. The zero-order valence-corrected chi connectivity index (χ0v) is 21.9. The Bertz CT molecular complexity index is 1240. The molecule has 9 nitrogen and oxygen atoms in total. The summed E-state index contributed by atoms with van der Waals surface area (Å²) >= 11 is 0. The van der Waals surface area contributed by atoms with Crippen LogP contribution in [-0.4, -0.2) is 65.7 Å². The summed E-state index contributed by atoms with van der Waals surface area (Å²) in [5.74, 6) is 1.03. The van der Waals surface area contributed by atoms with E-state index in [-0.39, 0.29) is 36.3 Å². The van der Waals surface area contributed by atoms with Crippen molar-refractivity contribution < 1.29 is 27.5 Å². The second-order valence-electron chi connectivity index (χ2n) is 9.46. The van der Waals surface area contributed by atoms with Gasteiger partial charge in [0.15, 0.2) is 5.82 Å². The maximum Gasteiger partial charge on any atom is 0.417 e. The van der Waals surface area contributed by atoms with Crippen LogP contribution in [0.4, 0.5) is 19.0 Å². The minimum Gasteiger partial charge on any atom is -0.491 e. The molecule has 4 N–H and O–H groups in total. The molecule has 206 valence electrons. The van der Waals surface area contributed by atoms with Crippen molar-refractivity contribution in [1.82, 2.24) is 25.8 Å². The van der Waals surface area contributed by atoms with Crippen molar-refractivity contribution in [1.29, 1.82) is 0 Å². The van der Waals surface area contributed by atoms with Crippen LogP contribution in [0.3, 0.4) is 0 Å². The number of likely N-dealkylation sites (N-methyl/N-ethyl adjacent to an activating group) is 1. The van der Waals surface area contributed by atoms with Gasteiger partial charge in [-0.1, -0.05) is 5.16 Å². The molecule has 3 aromatic rings. The lowest BCUT2D eigenvalue weighted by atomic mass is 10.0. The molecule has 0 unspecified atom stereocenters. The number of aromatic nitrogens is 3. The largest absolute Gasteiger partial charge is 0.491 e. The standard InChI is InChI=1S/C26H33F3N6O3/c1-14-23(22-15(2)35-38-16(22)3)33-25(34-24(14)32-17-7-9-31-10-8-17)20-11-19(37-13-18(36)12-30-4)5-6-21(20)26(27,28)29/h5-6,11,17-18,30-31,36H,7-10,12-13H2,1-4H3,(H,32,33,34)/t18-/m1/s1. The number of aliphatic hydroxyl groups is 1. The maximum absolute atomic E-state index is 14.1. The van der Waals surface area contributed by atoms with Gasteiger partial charge in [-0.2, -0.15) is 13.2 Å². The third kappa shape index (κ3) is 6.25. The maximum atomic E-state index is 14.1. The van der Waals surface area contributed by atoms with Crippen LogP contribution in [0.1, 0.15) is 35.4 Å². The van der Waals surface area contributed by atoms with Gasteiger partial charge in [-0.15, -0.1) is 0 Å². The van der Waals surface area contributed by atoms with E-state index in [9.17, 15) is 18.3 Å². The Balaban J connectivity index is 1.85. The molecule has 0 saturated carbocycles. The van der Waals surface area contributed by atoms with E-state index in [2.05, 4.69) is 31.1 Å². The van der Waals surface area contributed by atoms with Gasteiger partial charge in [0.25, 0.3) is 0 Å². The smallest absolute Gasteiger partial charge is 0.417 e. The van der Waals surface area contributed by atoms with Gasteiger partial charge in [0.05, 0.1) is 22.5 Å². The van der Waals surface area contributed by atoms with Gasteiger partial charge in [0.1, 0.15) is 30.0 Å². The number of hydrogen-bond acceptors (Lipinski definition) is 9. The van der Waals surface area contributed by atoms with Crippen molar-refractivity contribution in [2.75, 3.05) is 38.6 Å². The molecule has 1 aliphatic rings. The van der Waals surface area contributed by atoms with Crippen molar-refractivity contribution >= 4 is 5.82 Å². The fraction of sp³-hybridized carbons (Fsp3) is 0.500. The summed E-state index contributed by atoms with van der Waals surface area (Å²) in [7, 11) is 1.68. The van der Waals surface area contributed by atoms with Gasteiger partial charge in [-0.3, -0.25) is 0 Å². The van der Waals surface area contributed by atoms with Crippen molar-refractivity contribution in [3.63, 3.8) is 0 Å². The zero-order valence-electron chi connectivity index (χ0n) is 21.9. The van der Waals surface area contributed by atoms with Crippen LogP contribution in [0.25, 0.3) is 22.6 Å². The van der Waals surface area contributed by atoms with Crippen molar-refractivity contribution in [2.45, 2.75) is 51.9 Å². The average Bonchev–Trinajstić information content (AvgIpc) is 3.21. The highest BCUT2D eigenvalue weighted by Crippen LogP contribution is 2.40. The van der Waals surface area contributed by atoms with Gasteiger partial charge in [-0.25, -0.2) is 9.97 Å². The van der Waals surface area contributed by atoms with Crippen molar-refractivity contribution in [3.8, 4) is 28.4 Å². The first-order valence-electron chi connectivity index (χ1n) is 12.5. The summed E-state index contributed by atoms with van der Waals surface area (Å²) in [5, 5.41) is 23.6. The molecule has 1 aromatic carbocycles. The van der Waals surface area contributed by atoms with E-state index in [0.717, 1.165) is 32.0 Å². The highest BCUT2D eigenvalue weighted by Gasteiger charge is 2.35. The molecule has 1 saturated heterocycles. The Hall–Kier alpha value is -3.22. The van der Waals surface area contributed by atoms with E-state index in [1.165, 1.54) is 12.1 Å². The third-order valence-corrected chi connectivity index (χ3v) is 6.52. The monoisotopic (exact) mass is 534 g/mol. The summed E-state index contributed by atoms with van der Waals surface area (Å²) in [6, 6.07) is 3.56. The van der Waals surface area contributed by atoms with Gasteiger partial charge in [-0.05, 0) is 71.9 Å². The number of aliphatic hydroxyl groups excluding tert-OH is 1. The molecule has 1 aliphatic heterocycles. The molecule has 1 atom stereocenters. The highest BCUT2D eigenvalue weighted by atomic mass is 19.4. The van der Waals surface area contributed by atoms with Crippen LogP contribution in [0.2, 0.25) is 0 Å². The summed E-state index contributed by atoms with van der Waals surface area (Å²) in [4.78, 5) is 9.22. The lowest BCUT2D eigenvalue weighted by Gasteiger charge is -2.26. The number of halogens is 3. The lowest BCUT2D eigenvalue weighted by Crippen LogP contribution is -2.35.